The van der Waals surface area contributed by atoms with E-state index in [4.69, 9.17) is 4.74 Å². The van der Waals surface area contributed by atoms with E-state index in [1.807, 2.05) is 31.2 Å². The molecule has 1 aliphatic carbocycles. The molecule has 1 fully saturated rings. The van der Waals surface area contributed by atoms with E-state index in [0.717, 1.165) is 24.2 Å². The van der Waals surface area contributed by atoms with Gasteiger partial charge < -0.3 is 15.4 Å². The minimum Gasteiger partial charge on any atom is -0.496 e. The SMILES string of the molecule is CCNC(=O)c1cccc(NC(=O)CN(Cc2ccccc2OC)C2CC2)c1. The zero-order chi connectivity index (χ0) is 19.9. The molecule has 0 unspecified atom stereocenters. The first-order chi connectivity index (χ1) is 13.6. The van der Waals surface area contributed by atoms with Crippen LogP contribution in [0.25, 0.3) is 0 Å². The van der Waals surface area contributed by atoms with Crippen molar-refractivity contribution in [2.75, 3.05) is 25.5 Å². The molecule has 3 rings (SSSR count). The van der Waals surface area contributed by atoms with Gasteiger partial charge in [0.05, 0.1) is 13.7 Å². The number of para-hydroxylation sites is 1. The fourth-order valence-corrected chi connectivity index (χ4v) is 3.19. The molecule has 0 aliphatic heterocycles. The van der Waals surface area contributed by atoms with Gasteiger partial charge in [0.25, 0.3) is 5.91 Å². The third-order valence-electron chi connectivity index (χ3n) is 4.72. The lowest BCUT2D eigenvalue weighted by molar-refractivity contribution is -0.117. The Bertz CT molecular complexity index is 833. The zero-order valence-corrected chi connectivity index (χ0v) is 16.4. The van der Waals surface area contributed by atoms with E-state index < -0.39 is 0 Å². The van der Waals surface area contributed by atoms with Gasteiger partial charge in [0.1, 0.15) is 5.75 Å². The Morgan fingerprint density at radius 1 is 1.14 bits per heavy atom. The van der Waals surface area contributed by atoms with Crippen LogP contribution in [0.2, 0.25) is 0 Å². The maximum Gasteiger partial charge on any atom is 0.251 e. The first-order valence-corrected chi connectivity index (χ1v) is 9.64. The van der Waals surface area contributed by atoms with Crippen molar-refractivity contribution in [2.45, 2.75) is 32.4 Å². The van der Waals surface area contributed by atoms with Crippen LogP contribution in [0.1, 0.15) is 35.7 Å². The van der Waals surface area contributed by atoms with Crippen LogP contribution in [0.5, 0.6) is 5.75 Å². The standard InChI is InChI=1S/C22H27N3O3/c1-3-23-22(27)16-8-6-9-18(13-16)24-21(26)15-25(19-11-12-19)14-17-7-4-5-10-20(17)28-2/h4-10,13,19H,3,11-12,14-15H2,1-2H3,(H,23,27)(H,24,26). The summed E-state index contributed by atoms with van der Waals surface area (Å²) in [6, 6.07) is 15.3. The van der Waals surface area contributed by atoms with Crippen LogP contribution < -0.4 is 15.4 Å². The topological polar surface area (TPSA) is 70.7 Å². The van der Waals surface area contributed by atoms with Gasteiger partial charge in [0.2, 0.25) is 5.91 Å². The first kappa shape index (κ1) is 19.9. The highest BCUT2D eigenvalue weighted by molar-refractivity contribution is 5.97. The smallest absolute Gasteiger partial charge is 0.251 e. The second kappa shape index (κ2) is 9.37. The van der Waals surface area contributed by atoms with Crippen LogP contribution in [0.3, 0.4) is 0 Å². The first-order valence-electron chi connectivity index (χ1n) is 9.64. The number of benzene rings is 2. The predicted molar refractivity (Wildman–Crippen MR) is 110 cm³/mol. The average Bonchev–Trinajstić information content (AvgIpc) is 3.53. The number of ether oxygens (including phenoxy) is 1. The van der Waals surface area contributed by atoms with Crippen LogP contribution in [0.4, 0.5) is 5.69 Å². The summed E-state index contributed by atoms with van der Waals surface area (Å²) in [5, 5.41) is 5.68. The highest BCUT2D eigenvalue weighted by Crippen LogP contribution is 2.30. The van der Waals surface area contributed by atoms with E-state index in [1.165, 1.54) is 0 Å². The normalized spacial score (nSPS) is 13.2. The molecule has 2 aromatic rings. The third-order valence-corrected chi connectivity index (χ3v) is 4.72. The number of amides is 2. The summed E-state index contributed by atoms with van der Waals surface area (Å²) in [5.41, 5.74) is 2.23. The molecule has 28 heavy (non-hydrogen) atoms. The molecule has 1 saturated carbocycles. The minimum atomic E-state index is -0.144. The van der Waals surface area contributed by atoms with Gasteiger partial charge in [-0.2, -0.15) is 0 Å². The molecule has 0 aromatic heterocycles. The molecule has 0 saturated heterocycles. The summed E-state index contributed by atoms with van der Waals surface area (Å²) in [6.07, 6.45) is 2.21. The fourth-order valence-electron chi connectivity index (χ4n) is 3.19. The quantitative estimate of drug-likeness (QED) is 0.700. The highest BCUT2D eigenvalue weighted by Gasteiger charge is 2.30. The van der Waals surface area contributed by atoms with Gasteiger partial charge in [0, 0.05) is 35.9 Å². The molecule has 6 heteroatoms. The molecule has 0 atom stereocenters. The van der Waals surface area contributed by atoms with Crippen molar-refractivity contribution in [3.05, 3.63) is 59.7 Å². The van der Waals surface area contributed by atoms with Gasteiger partial charge >= 0.3 is 0 Å². The summed E-state index contributed by atoms with van der Waals surface area (Å²) in [7, 11) is 1.66. The van der Waals surface area contributed by atoms with Crippen molar-refractivity contribution in [3.8, 4) is 5.75 Å². The molecular formula is C22H27N3O3. The molecule has 2 N–H and O–H groups in total. The van der Waals surface area contributed by atoms with Crippen LogP contribution >= 0.6 is 0 Å². The van der Waals surface area contributed by atoms with E-state index in [-0.39, 0.29) is 11.8 Å². The number of hydrogen-bond acceptors (Lipinski definition) is 4. The summed E-state index contributed by atoms with van der Waals surface area (Å²) in [5.74, 6) is 0.604. The largest absolute Gasteiger partial charge is 0.496 e. The average molecular weight is 381 g/mol. The van der Waals surface area contributed by atoms with Gasteiger partial charge in [-0.1, -0.05) is 24.3 Å². The second-order valence-electron chi connectivity index (χ2n) is 6.94. The molecule has 0 radical (unpaired) electrons. The van der Waals surface area contributed by atoms with E-state index in [2.05, 4.69) is 15.5 Å². The van der Waals surface area contributed by atoms with Gasteiger partial charge in [-0.25, -0.2) is 0 Å². The van der Waals surface area contributed by atoms with Crippen molar-refractivity contribution >= 4 is 17.5 Å². The lowest BCUT2D eigenvalue weighted by Crippen LogP contribution is -2.34. The zero-order valence-electron chi connectivity index (χ0n) is 16.4. The molecule has 1 aliphatic rings. The second-order valence-corrected chi connectivity index (χ2v) is 6.94. The molecular weight excluding hydrogens is 354 g/mol. The van der Waals surface area contributed by atoms with Gasteiger partial charge in [-0.3, -0.25) is 14.5 Å². The van der Waals surface area contributed by atoms with E-state index in [1.54, 1.807) is 31.4 Å². The highest BCUT2D eigenvalue weighted by atomic mass is 16.5. The number of methoxy groups -OCH3 is 1. The Balaban J connectivity index is 1.64. The lowest BCUT2D eigenvalue weighted by Gasteiger charge is -2.22. The van der Waals surface area contributed by atoms with Crippen molar-refractivity contribution in [3.63, 3.8) is 0 Å². The van der Waals surface area contributed by atoms with E-state index in [0.29, 0.717) is 36.9 Å². The number of hydrogen-bond donors (Lipinski definition) is 2. The summed E-state index contributed by atoms with van der Waals surface area (Å²) in [4.78, 5) is 26.8. The molecule has 2 aromatic carbocycles. The Kier molecular flexibility index (Phi) is 6.66. The molecule has 148 valence electrons. The van der Waals surface area contributed by atoms with Crippen LogP contribution in [0, 0.1) is 0 Å². The van der Waals surface area contributed by atoms with Crippen molar-refractivity contribution in [1.82, 2.24) is 10.2 Å². The van der Waals surface area contributed by atoms with Crippen molar-refractivity contribution < 1.29 is 14.3 Å². The monoisotopic (exact) mass is 381 g/mol. The van der Waals surface area contributed by atoms with E-state index >= 15 is 0 Å². The number of rotatable bonds is 9. The summed E-state index contributed by atoms with van der Waals surface area (Å²) in [6.45, 7) is 3.40. The van der Waals surface area contributed by atoms with Crippen LogP contribution in [0.15, 0.2) is 48.5 Å². The number of carbonyl (C=O) groups excluding carboxylic acids is 2. The van der Waals surface area contributed by atoms with Crippen molar-refractivity contribution in [1.29, 1.82) is 0 Å². The maximum atomic E-state index is 12.6. The number of nitrogens with zero attached hydrogens (tertiary/aromatic N) is 1. The van der Waals surface area contributed by atoms with Crippen LogP contribution in [-0.2, 0) is 11.3 Å². The van der Waals surface area contributed by atoms with E-state index in [9.17, 15) is 9.59 Å². The number of nitrogens with one attached hydrogen (secondary N) is 2. The molecule has 0 spiro atoms. The number of anilines is 1. The Hall–Kier alpha value is -2.86. The molecule has 0 bridgehead atoms. The van der Waals surface area contributed by atoms with Crippen LogP contribution in [-0.4, -0.2) is 43.0 Å². The third kappa shape index (κ3) is 5.33. The molecule has 0 heterocycles. The molecule has 2 amide bonds. The summed E-state index contributed by atoms with van der Waals surface area (Å²) >= 11 is 0. The lowest BCUT2D eigenvalue weighted by atomic mass is 10.1. The van der Waals surface area contributed by atoms with Gasteiger partial charge in [-0.05, 0) is 44.0 Å². The minimum absolute atomic E-state index is 0.0881. The number of carbonyl (C=O) groups is 2. The predicted octanol–water partition coefficient (Wildman–Crippen LogP) is 3.05. The Morgan fingerprint density at radius 2 is 1.93 bits per heavy atom. The maximum absolute atomic E-state index is 12.6. The molecule has 6 nitrogen and oxygen atoms in total. The van der Waals surface area contributed by atoms with Gasteiger partial charge in [-0.15, -0.1) is 0 Å². The van der Waals surface area contributed by atoms with Crippen molar-refractivity contribution in [2.24, 2.45) is 0 Å². The summed E-state index contributed by atoms with van der Waals surface area (Å²) < 4.78 is 5.44. The fraction of sp³-hybridized carbons (Fsp3) is 0.364. The Morgan fingerprint density at radius 3 is 2.64 bits per heavy atom. The van der Waals surface area contributed by atoms with Gasteiger partial charge in [0.15, 0.2) is 0 Å². The Labute approximate surface area is 165 Å².